The van der Waals surface area contributed by atoms with Gasteiger partial charge in [0, 0.05) is 25.3 Å². The molecule has 186 valence electrons. The zero-order chi connectivity index (χ0) is 25.2. The van der Waals surface area contributed by atoms with Crippen molar-refractivity contribution in [2.45, 2.75) is 57.7 Å². The minimum Gasteiger partial charge on any atom is -0.478 e. The summed E-state index contributed by atoms with van der Waals surface area (Å²) in [5.41, 5.74) is 4.61. The molecule has 0 unspecified atom stereocenters. The molecule has 0 spiro atoms. The maximum absolute atomic E-state index is 13.2. The Morgan fingerprint density at radius 1 is 1.08 bits per heavy atom. The van der Waals surface area contributed by atoms with Crippen molar-refractivity contribution in [3.63, 3.8) is 0 Å². The van der Waals surface area contributed by atoms with Crippen molar-refractivity contribution < 1.29 is 9.90 Å². The Kier molecular flexibility index (Phi) is 7.13. The summed E-state index contributed by atoms with van der Waals surface area (Å²) in [5.74, 6) is -0.484. The predicted molar refractivity (Wildman–Crippen MR) is 144 cm³/mol. The summed E-state index contributed by atoms with van der Waals surface area (Å²) in [6, 6.07) is 15.2. The van der Waals surface area contributed by atoms with Crippen LogP contribution in [0.3, 0.4) is 0 Å². The van der Waals surface area contributed by atoms with Gasteiger partial charge in [0.15, 0.2) is 0 Å². The minimum atomic E-state index is -0.942. The van der Waals surface area contributed by atoms with Gasteiger partial charge >= 0.3 is 5.97 Å². The lowest BCUT2D eigenvalue weighted by molar-refractivity contribution is 0.0697. The standard InChI is InChI=1S/C30H31ClN2O3/c1-32(18-24-7-4-6-21-5-2-3-8-25(21)24)19-28-26(22-13-14-22)17-27(31)29(34)33(28)16-15-20-9-11-23(12-10-20)30(35)36/h4-12,17,22H,2-3,13-16,18-19H2,1H3,(H,35,36). The molecule has 0 aliphatic heterocycles. The lowest BCUT2D eigenvalue weighted by atomic mass is 10.0. The molecular weight excluding hydrogens is 472 g/mol. The summed E-state index contributed by atoms with van der Waals surface area (Å²) in [4.78, 5) is 26.7. The Balaban J connectivity index is 1.43. The third-order valence-electron chi connectivity index (χ3n) is 7.20. The van der Waals surface area contributed by atoms with Gasteiger partial charge < -0.3 is 9.67 Å². The van der Waals surface area contributed by atoms with Crippen molar-refractivity contribution in [1.29, 1.82) is 0 Å². The minimum absolute atomic E-state index is 0.161. The van der Waals surface area contributed by atoms with Gasteiger partial charge in [-0.1, -0.05) is 54.1 Å². The lowest BCUT2D eigenvalue weighted by Crippen LogP contribution is -2.34. The molecule has 5 nitrogen and oxygen atoms in total. The number of pyridine rings is 1. The van der Waals surface area contributed by atoms with Crippen LogP contribution in [0.1, 0.15) is 64.3 Å². The third-order valence-corrected chi connectivity index (χ3v) is 7.47. The van der Waals surface area contributed by atoms with Crippen LogP contribution < -0.4 is 16.0 Å². The molecule has 2 aromatic carbocycles. The van der Waals surface area contributed by atoms with E-state index in [1.807, 2.05) is 22.8 Å². The first kappa shape index (κ1) is 24.5. The van der Waals surface area contributed by atoms with Crippen LogP contribution in [0.4, 0.5) is 0 Å². The lowest BCUT2D eigenvalue weighted by Gasteiger charge is -2.24. The molecule has 0 amide bonds. The fourth-order valence-electron chi connectivity index (χ4n) is 5.17. The number of carbonyl (C=O) groups is 1. The molecule has 36 heavy (non-hydrogen) atoms. The number of aromatic nitrogens is 1. The first-order valence-electron chi connectivity index (χ1n) is 12.6. The number of fused-ring (bicyclic) bond motifs is 1. The Morgan fingerprint density at radius 2 is 1.83 bits per heavy atom. The molecule has 1 saturated carbocycles. The number of aryl methyl sites for hydroxylation is 1. The van der Waals surface area contributed by atoms with Crippen molar-refractivity contribution in [2.75, 3.05) is 7.05 Å². The molecular formula is C30H31ClN2O3. The van der Waals surface area contributed by atoms with Gasteiger partial charge in [0.1, 0.15) is 5.02 Å². The van der Waals surface area contributed by atoms with Crippen molar-refractivity contribution in [3.05, 3.63) is 102 Å². The Hall–Kier alpha value is -3.15. The van der Waals surface area contributed by atoms with E-state index >= 15 is 0 Å². The molecule has 5 rings (SSSR count). The Labute approximate surface area is 216 Å². The van der Waals surface area contributed by atoms with E-state index in [9.17, 15) is 9.59 Å². The van der Waals surface area contributed by atoms with E-state index in [1.54, 1.807) is 12.1 Å². The first-order valence-corrected chi connectivity index (χ1v) is 13.0. The molecule has 6 heteroatoms. The Morgan fingerprint density at radius 3 is 2.56 bits per heavy atom. The zero-order valence-electron chi connectivity index (χ0n) is 20.5. The number of hydrogen-bond acceptors (Lipinski definition) is 3. The number of carboxylic acid groups (broad SMARTS) is 1. The fourth-order valence-corrected chi connectivity index (χ4v) is 5.39. The van der Waals surface area contributed by atoms with Gasteiger partial charge in [-0.2, -0.15) is 0 Å². The van der Waals surface area contributed by atoms with Crippen LogP contribution in [-0.4, -0.2) is 27.6 Å². The van der Waals surface area contributed by atoms with E-state index in [0.717, 1.165) is 43.5 Å². The second-order valence-corrected chi connectivity index (χ2v) is 10.4. The van der Waals surface area contributed by atoms with Gasteiger partial charge in [0.05, 0.1) is 5.56 Å². The molecule has 3 aromatic rings. The van der Waals surface area contributed by atoms with E-state index in [1.165, 1.54) is 21.6 Å². The SMILES string of the molecule is CN(Cc1cccc2c1=CCCC=2)Cc1c(C2CC2)cc(Cl)c(=O)n1CCc1ccc(C(=O)O)cc1. The summed E-state index contributed by atoms with van der Waals surface area (Å²) >= 11 is 6.43. The number of aromatic carboxylic acids is 1. The summed E-state index contributed by atoms with van der Waals surface area (Å²) in [5, 5.41) is 12.1. The topological polar surface area (TPSA) is 62.5 Å². The van der Waals surface area contributed by atoms with E-state index in [4.69, 9.17) is 16.7 Å². The molecule has 1 N–H and O–H groups in total. The molecule has 0 saturated heterocycles. The van der Waals surface area contributed by atoms with Crippen molar-refractivity contribution >= 4 is 29.7 Å². The van der Waals surface area contributed by atoms with E-state index in [-0.39, 0.29) is 16.1 Å². The van der Waals surface area contributed by atoms with Gasteiger partial charge in [-0.3, -0.25) is 9.69 Å². The van der Waals surface area contributed by atoms with Crippen molar-refractivity contribution in [1.82, 2.24) is 9.47 Å². The van der Waals surface area contributed by atoms with Crippen LogP contribution in [0.2, 0.25) is 5.02 Å². The highest BCUT2D eigenvalue weighted by molar-refractivity contribution is 6.30. The van der Waals surface area contributed by atoms with Crippen LogP contribution in [0.25, 0.3) is 12.2 Å². The summed E-state index contributed by atoms with van der Waals surface area (Å²) in [6.07, 6.45) is 9.68. The van der Waals surface area contributed by atoms with Gasteiger partial charge in [0.2, 0.25) is 0 Å². The van der Waals surface area contributed by atoms with Crippen LogP contribution in [0.15, 0.2) is 53.3 Å². The van der Waals surface area contributed by atoms with E-state index in [0.29, 0.717) is 25.4 Å². The summed E-state index contributed by atoms with van der Waals surface area (Å²) < 4.78 is 1.85. The van der Waals surface area contributed by atoms with Gasteiger partial charge in [-0.25, -0.2) is 4.79 Å². The average Bonchev–Trinajstić information content (AvgIpc) is 3.72. The van der Waals surface area contributed by atoms with Gasteiger partial charge in [-0.05, 0) is 90.4 Å². The third kappa shape index (κ3) is 5.32. The zero-order valence-corrected chi connectivity index (χ0v) is 21.3. The monoisotopic (exact) mass is 502 g/mol. The van der Waals surface area contributed by atoms with E-state index in [2.05, 4.69) is 42.3 Å². The molecule has 0 atom stereocenters. The van der Waals surface area contributed by atoms with Crippen LogP contribution in [0, 0.1) is 0 Å². The molecule has 2 aliphatic rings. The second kappa shape index (κ2) is 10.5. The summed E-state index contributed by atoms with van der Waals surface area (Å²) in [7, 11) is 2.11. The smallest absolute Gasteiger partial charge is 0.335 e. The van der Waals surface area contributed by atoms with Crippen molar-refractivity contribution in [2.24, 2.45) is 0 Å². The first-order chi connectivity index (χ1) is 17.4. The largest absolute Gasteiger partial charge is 0.478 e. The highest BCUT2D eigenvalue weighted by atomic mass is 35.5. The van der Waals surface area contributed by atoms with Crippen molar-refractivity contribution in [3.8, 4) is 0 Å². The molecule has 1 fully saturated rings. The Bertz CT molecular complexity index is 1470. The van der Waals surface area contributed by atoms with Crippen LogP contribution >= 0.6 is 11.6 Å². The maximum atomic E-state index is 13.2. The molecule has 1 heterocycles. The number of carboxylic acids is 1. The highest BCUT2D eigenvalue weighted by Crippen LogP contribution is 2.42. The average molecular weight is 503 g/mol. The fraction of sp³-hybridized carbons (Fsp3) is 0.333. The van der Waals surface area contributed by atoms with Gasteiger partial charge in [-0.15, -0.1) is 0 Å². The van der Waals surface area contributed by atoms with Crippen LogP contribution in [0.5, 0.6) is 0 Å². The number of benzene rings is 2. The molecule has 0 radical (unpaired) electrons. The molecule has 2 aliphatic carbocycles. The molecule has 0 bridgehead atoms. The maximum Gasteiger partial charge on any atom is 0.335 e. The number of hydrogen-bond donors (Lipinski definition) is 1. The second-order valence-electron chi connectivity index (χ2n) is 9.96. The number of nitrogens with zero attached hydrogens (tertiary/aromatic N) is 2. The van der Waals surface area contributed by atoms with Crippen LogP contribution in [-0.2, 0) is 26.1 Å². The molecule has 1 aromatic heterocycles. The summed E-state index contributed by atoms with van der Waals surface area (Å²) in [6.45, 7) is 1.95. The predicted octanol–water partition coefficient (Wildman–Crippen LogP) is 4.31. The van der Waals surface area contributed by atoms with E-state index < -0.39 is 5.97 Å². The highest BCUT2D eigenvalue weighted by Gasteiger charge is 2.29. The quantitative estimate of drug-likeness (QED) is 0.473. The number of halogens is 1. The van der Waals surface area contributed by atoms with Gasteiger partial charge in [0.25, 0.3) is 5.56 Å². The normalized spacial score (nSPS) is 14.8. The number of rotatable bonds is 9.